The first kappa shape index (κ1) is 15.4. The number of benzene rings is 2. The number of aryl methyl sites for hydroxylation is 1. The first-order valence-electron chi connectivity index (χ1n) is 8.86. The standard InChI is InChI=1S/C21H23NO2/c23-18-10-11-22(14-18)21(24)7-3-4-15-8-9-17-13-16-5-1-2-6-19(16)20(17)12-15/h1-2,5-6,8-9,12,18,23H,3-4,7,10-11,13-14H2/t18-/m1/s1. The van der Waals surface area contributed by atoms with Crippen molar-refractivity contribution in [2.24, 2.45) is 0 Å². The number of hydrogen-bond acceptors (Lipinski definition) is 2. The van der Waals surface area contributed by atoms with Crippen LogP contribution in [0.5, 0.6) is 0 Å². The summed E-state index contributed by atoms with van der Waals surface area (Å²) in [6, 6.07) is 15.4. The predicted molar refractivity (Wildman–Crippen MR) is 94.8 cm³/mol. The van der Waals surface area contributed by atoms with Crippen LogP contribution in [0.1, 0.15) is 36.0 Å². The third-order valence-corrected chi connectivity index (χ3v) is 5.23. The molecule has 1 atom stereocenters. The molecule has 0 radical (unpaired) electrons. The summed E-state index contributed by atoms with van der Waals surface area (Å²) in [5.74, 6) is 0.179. The number of amides is 1. The maximum atomic E-state index is 12.1. The van der Waals surface area contributed by atoms with E-state index in [2.05, 4.69) is 42.5 Å². The number of rotatable bonds is 4. The van der Waals surface area contributed by atoms with Crippen molar-refractivity contribution in [2.75, 3.05) is 13.1 Å². The molecule has 1 fully saturated rings. The first-order valence-corrected chi connectivity index (χ1v) is 8.86. The second-order valence-electron chi connectivity index (χ2n) is 6.96. The zero-order valence-electron chi connectivity index (χ0n) is 13.9. The number of nitrogens with zero attached hydrogens (tertiary/aromatic N) is 1. The molecule has 3 heteroatoms. The molecule has 0 saturated carbocycles. The van der Waals surface area contributed by atoms with Crippen LogP contribution in [0.15, 0.2) is 42.5 Å². The van der Waals surface area contributed by atoms with Crippen molar-refractivity contribution in [2.45, 2.75) is 38.2 Å². The summed E-state index contributed by atoms with van der Waals surface area (Å²) in [5.41, 5.74) is 6.84. The molecule has 1 amide bonds. The molecular formula is C21H23NO2. The summed E-state index contributed by atoms with van der Waals surface area (Å²) in [6.45, 7) is 1.21. The van der Waals surface area contributed by atoms with E-state index in [1.807, 2.05) is 0 Å². The highest BCUT2D eigenvalue weighted by atomic mass is 16.3. The van der Waals surface area contributed by atoms with Crippen molar-refractivity contribution >= 4 is 5.91 Å². The van der Waals surface area contributed by atoms with Crippen LogP contribution in [0.25, 0.3) is 11.1 Å². The average Bonchev–Trinajstić information content (AvgIpc) is 3.18. The van der Waals surface area contributed by atoms with E-state index in [0.717, 1.165) is 25.7 Å². The molecule has 2 aromatic rings. The Hall–Kier alpha value is -2.13. The second kappa shape index (κ2) is 6.40. The van der Waals surface area contributed by atoms with Gasteiger partial charge in [-0.25, -0.2) is 0 Å². The Labute approximate surface area is 142 Å². The van der Waals surface area contributed by atoms with E-state index < -0.39 is 0 Å². The Bertz CT molecular complexity index is 768. The van der Waals surface area contributed by atoms with Crippen molar-refractivity contribution in [3.63, 3.8) is 0 Å². The normalized spacial score (nSPS) is 18.5. The van der Waals surface area contributed by atoms with E-state index >= 15 is 0 Å². The van der Waals surface area contributed by atoms with Crippen LogP contribution in [-0.2, 0) is 17.6 Å². The van der Waals surface area contributed by atoms with Gasteiger partial charge in [-0.15, -0.1) is 0 Å². The fourth-order valence-electron chi connectivity index (χ4n) is 3.90. The number of aliphatic hydroxyl groups excluding tert-OH is 1. The van der Waals surface area contributed by atoms with Crippen LogP contribution in [0.4, 0.5) is 0 Å². The second-order valence-corrected chi connectivity index (χ2v) is 6.96. The van der Waals surface area contributed by atoms with E-state index in [9.17, 15) is 9.90 Å². The van der Waals surface area contributed by atoms with Gasteiger partial charge in [0.05, 0.1) is 6.10 Å². The zero-order chi connectivity index (χ0) is 16.5. The van der Waals surface area contributed by atoms with Gasteiger partial charge < -0.3 is 10.0 Å². The molecule has 24 heavy (non-hydrogen) atoms. The number of carbonyl (C=O) groups is 1. The van der Waals surface area contributed by atoms with Gasteiger partial charge in [-0.1, -0.05) is 42.5 Å². The molecule has 1 N–H and O–H groups in total. The van der Waals surface area contributed by atoms with Crippen molar-refractivity contribution in [1.82, 2.24) is 4.90 Å². The van der Waals surface area contributed by atoms with E-state index in [1.54, 1.807) is 4.90 Å². The molecule has 1 aliphatic carbocycles. The van der Waals surface area contributed by atoms with Gasteiger partial charge in [0.25, 0.3) is 0 Å². The fraction of sp³-hybridized carbons (Fsp3) is 0.381. The molecule has 1 aliphatic heterocycles. The smallest absolute Gasteiger partial charge is 0.222 e. The van der Waals surface area contributed by atoms with Crippen molar-refractivity contribution in [3.05, 3.63) is 59.2 Å². The van der Waals surface area contributed by atoms with E-state index in [1.165, 1.54) is 27.8 Å². The summed E-state index contributed by atoms with van der Waals surface area (Å²) in [5, 5.41) is 9.53. The fourth-order valence-corrected chi connectivity index (χ4v) is 3.90. The van der Waals surface area contributed by atoms with Crippen LogP contribution in [0, 0.1) is 0 Å². The van der Waals surface area contributed by atoms with Gasteiger partial charge in [0.15, 0.2) is 0 Å². The van der Waals surface area contributed by atoms with Gasteiger partial charge >= 0.3 is 0 Å². The van der Waals surface area contributed by atoms with Crippen LogP contribution in [-0.4, -0.2) is 35.1 Å². The van der Waals surface area contributed by atoms with Crippen LogP contribution < -0.4 is 0 Å². The number of β-amino-alcohol motifs (C(OH)–C–C–N with tert-alkyl or cyclic N) is 1. The largest absolute Gasteiger partial charge is 0.391 e. The summed E-state index contributed by atoms with van der Waals surface area (Å²) in [6.07, 6.45) is 3.78. The van der Waals surface area contributed by atoms with Crippen molar-refractivity contribution in [3.8, 4) is 11.1 Å². The lowest BCUT2D eigenvalue weighted by molar-refractivity contribution is -0.130. The van der Waals surface area contributed by atoms with Crippen LogP contribution in [0.3, 0.4) is 0 Å². The third-order valence-electron chi connectivity index (χ3n) is 5.23. The molecule has 1 saturated heterocycles. The lowest BCUT2D eigenvalue weighted by Gasteiger charge is -2.15. The summed E-state index contributed by atoms with van der Waals surface area (Å²) >= 11 is 0. The van der Waals surface area contributed by atoms with Gasteiger partial charge in [-0.05, 0) is 53.5 Å². The lowest BCUT2D eigenvalue weighted by atomic mass is 10.00. The molecule has 3 nitrogen and oxygen atoms in total. The predicted octanol–water partition coefficient (Wildman–Crippen LogP) is 3.17. The van der Waals surface area contributed by atoms with Gasteiger partial charge in [-0.2, -0.15) is 0 Å². The van der Waals surface area contributed by atoms with Gasteiger partial charge in [0, 0.05) is 19.5 Å². The summed E-state index contributed by atoms with van der Waals surface area (Å²) < 4.78 is 0. The van der Waals surface area contributed by atoms with E-state index in [-0.39, 0.29) is 12.0 Å². The number of fused-ring (bicyclic) bond motifs is 3. The Morgan fingerprint density at radius 3 is 2.79 bits per heavy atom. The Balaban J connectivity index is 1.38. The van der Waals surface area contributed by atoms with Crippen LogP contribution >= 0.6 is 0 Å². The molecule has 0 unspecified atom stereocenters. The highest BCUT2D eigenvalue weighted by Gasteiger charge is 2.24. The molecule has 4 rings (SSSR count). The Morgan fingerprint density at radius 1 is 1.12 bits per heavy atom. The highest BCUT2D eigenvalue weighted by Crippen LogP contribution is 2.37. The molecule has 124 valence electrons. The van der Waals surface area contributed by atoms with E-state index in [0.29, 0.717) is 19.5 Å². The lowest BCUT2D eigenvalue weighted by Crippen LogP contribution is -2.29. The highest BCUT2D eigenvalue weighted by molar-refractivity contribution is 5.77. The number of aliphatic hydroxyl groups is 1. The third kappa shape index (κ3) is 2.96. The maximum absolute atomic E-state index is 12.1. The number of likely N-dealkylation sites (tertiary alicyclic amines) is 1. The number of carbonyl (C=O) groups excluding carboxylic acids is 1. The van der Waals surface area contributed by atoms with Gasteiger partial charge in [0.1, 0.15) is 0 Å². The van der Waals surface area contributed by atoms with Crippen molar-refractivity contribution in [1.29, 1.82) is 0 Å². The monoisotopic (exact) mass is 321 g/mol. The molecule has 2 aliphatic rings. The molecule has 1 heterocycles. The average molecular weight is 321 g/mol. The summed E-state index contributed by atoms with van der Waals surface area (Å²) in [7, 11) is 0. The topological polar surface area (TPSA) is 40.5 Å². The minimum absolute atomic E-state index is 0.179. The zero-order valence-corrected chi connectivity index (χ0v) is 13.9. The van der Waals surface area contributed by atoms with Gasteiger partial charge in [0.2, 0.25) is 5.91 Å². The number of hydrogen-bond donors (Lipinski definition) is 1. The summed E-state index contributed by atoms with van der Waals surface area (Å²) in [4.78, 5) is 13.9. The van der Waals surface area contributed by atoms with E-state index in [4.69, 9.17) is 0 Å². The Morgan fingerprint density at radius 2 is 1.96 bits per heavy atom. The SMILES string of the molecule is O=C(CCCc1ccc2c(c1)-c1ccccc1C2)N1CC[C@@H](O)C1. The Kier molecular flexibility index (Phi) is 4.11. The first-order chi connectivity index (χ1) is 11.7. The molecular weight excluding hydrogens is 298 g/mol. The maximum Gasteiger partial charge on any atom is 0.222 e. The molecule has 0 spiro atoms. The van der Waals surface area contributed by atoms with Crippen molar-refractivity contribution < 1.29 is 9.90 Å². The molecule has 0 aromatic heterocycles. The minimum Gasteiger partial charge on any atom is -0.391 e. The quantitative estimate of drug-likeness (QED) is 0.802. The molecule has 2 aromatic carbocycles. The van der Waals surface area contributed by atoms with Crippen LogP contribution in [0.2, 0.25) is 0 Å². The van der Waals surface area contributed by atoms with Gasteiger partial charge in [-0.3, -0.25) is 4.79 Å². The molecule has 0 bridgehead atoms. The minimum atomic E-state index is -0.328.